The van der Waals surface area contributed by atoms with Crippen molar-refractivity contribution in [2.75, 3.05) is 39.3 Å². The van der Waals surface area contributed by atoms with Crippen LogP contribution >= 0.6 is 0 Å². The van der Waals surface area contributed by atoms with Gasteiger partial charge >= 0.3 is 0 Å². The molecule has 4 heteroatoms. The molecule has 2 atom stereocenters. The summed E-state index contributed by atoms with van der Waals surface area (Å²) in [6, 6.07) is 16.4. The van der Waals surface area contributed by atoms with Crippen LogP contribution in [0.1, 0.15) is 80.9 Å². The first kappa shape index (κ1) is 25.6. The van der Waals surface area contributed by atoms with E-state index in [2.05, 4.69) is 54.3 Å². The number of benzene rings is 2. The summed E-state index contributed by atoms with van der Waals surface area (Å²) >= 11 is 0. The summed E-state index contributed by atoms with van der Waals surface area (Å²) < 4.78 is 16.6. The molecule has 1 saturated heterocycles. The molecule has 0 bridgehead atoms. The first-order chi connectivity index (χ1) is 17.6. The lowest BCUT2D eigenvalue weighted by Gasteiger charge is -2.49. The highest BCUT2D eigenvalue weighted by molar-refractivity contribution is 5.52. The van der Waals surface area contributed by atoms with Gasteiger partial charge in [-0.15, -0.1) is 0 Å². The maximum absolute atomic E-state index is 5.59. The Morgan fingerprint density at radius 3 is 2.19 bits per heavy atom. The second-order valence-electron chi connectivity index (χ2n) is 11.6. The van der Waals surface area contributed by atoms with Gasteiger partial charge in [-0.25, -0.2) is 0 Å². The van der Waals surface area contributed by atoms with Crippen molar-refractivity contribution in [1.29, 1.82) is 0 Å². The molecule has 1 aliphatic heterocycles. The summed E-state index contributed by atoms with van der Waals surface area (Å²) in [6.45, 7) is 4.71. The average molecular weight is 492 g/mol. The van der Waals surface area contributed by atoms with Crippen LogP contribution in [-0.2, 0) is 15.9 Å². The van der Waals surface area contributed by atoms with Gasteiger partial charge in [0.1, 0.15) is 5.75 Å². The number of methoxy groups -OCH3 is 3. The molecule has 2 aromatic rings. The Morgan fingerprint density at radius 2 is 1.56 bits per heavy atom. The summed E-state index contributed by atoms with van der Waals surface area (Å²) in [4.78, 5) is 2.53. The van der Waals surface area contributed by atoms with Gasteiger partial charge in [-0.2, -0.15) is 0 Å². The molecule has 0 spiro atoms. The molecular formula is C32H45NO3. The predicted octanol–water partition coefficient (Wildman–Crippen LogP) is 7.20. The fourth-order valence-electron chi connectivity index (χ4n) is 7.66. The minimum absolute atomic E-state index is 0.0861. The van der Waals surface area contributed by atoms with E-state index >= 15 is 0 Å². The summed E-state index contributed by atoms with van der Waals surface area (Å²) in [7, 11) is 5.28. The third-order valence-corrected chi connectivity index (χ3v) is 9.77. The van der Waals surface area contributed by atoms with Crippen molar-refractivity contribution in [1.82, 2.24) is 0 Å². The van der Waals surface area contributed by atoms with Gasteiger partial charge in [0.25, 0.3) is 0 Å². The summed E-state index contributed by atoms with van der Waals surface area (Å²) in [5.74, 6) is 2.71. The number of ether oxygens (including phenoxy) is 3. The van der Waals surface area contributed by atoms with Crippen molar-refractivity contribution < 1.29 is 14.2 Å². The standard InChI is InChI=1S/C32H45NO3/c1-32(26-8-6-5-7-9-26)19-16-25-22-28(34-2)14-15-29(25)30(32)23-10-12-27(13-11-23)33-20-17-24(18-21-33)31(35-3)36-4/h10-15,22,24,26,30-31H,5-9,16-21H2,1-4H3/t30-,32+/m0/s1. The van der Waals surface area contributed by atoms with Gasteiger partial charge in [-0.1, -0.05) is 44.4 Å². The molecule has 0 aromatic heterocycles. The summed E-state index contributed by atoms with van der Waals surface area (Å²) in [6.07, 6.45) is 11.5. The number of fused-ring (bicyclic) bond motifs is 1. The Labute approximate surface area is 218 Å². The summed E-state index contributed by atoms with van der Waals surface area (Å²) in [5, 5.41) is 0. The minimum atomic E-state index is -0.0861. The quantitative estimate of drug-likeness (QED) is 0.383. The average Bonchev–Trinajstić information content (AvgIpc) is 2.94. The molecule has 2 aromatic carbocycles. The number of nitrogens with zero attached hydrogens (tertiary/aromatic N) is 1. The van der Waals surface area contributed by atoms with Crippen molar-refractivity contribution in [2.24, 2.45) is 17.3 Å². The SMILES string of the molecule is COc1ccc2c(c1)CC[C@](C)(C1CCCCC1)[C@H]2c1ccc(N2CCC(C(OC)OC)CC2)cc1. The zero-order valence-electron chi connectivity index (χ0n) is 22.8. The lowest BCUT2D eigenvalue weighted by molar-refractivity contribution is -0.141. The molecule has 0 radical (unpaired) electrons. The maximum Gasteiger partial charge on any atom is 0.159 e. The molecule has 0 unspecified atom stereocenters. The van der Waals surface area contributed by atoms with Crippen molar-refractivity contribution in [2.45, 2.75) is 76.9 Å². The van der Waals surface area contributed by atoms with Crippen LogP contribution in [0, 0.1) is 17.3 Å². The van der Waals surface area contributed by atoms with Crippen LogP contribution in [0.2, 0.25) is 0 Å². The number of rotatable bonds is 7. The van der Waals surface area contributed by atoms with Crippen LogP contribution in [0.5, 0.6) is 5.75 Å². The van der Waals surface area contributed by atoms with E-state index in [-0.39, 0.29) is 6.29 Å². The molecule has 196 valence electrons. The van der Waals surface area contributed by atoms with E-state index in [1.165, 1.54) is 60.9 Å². The first-order valence-electron chi connectivity index (χ1n) is 14.1. The number of anilines is 1. The van der Waals surface area contributed by atoms with Crippen LogP contribution in [-0.4, -0.2) is 40.7 Å². The van der Waals surface area contributed by atoms with E-state index < -0.39 is 0 Å². The maximum atomic E-state index is 5.59. The Bertz CT molecular complexity index is 987. The van der Waals surface area contributed by atoms with Gasteiger partial charge in [0.15, 0.2) is 6.29 Å². The van der Waals surface area contributed by atoms with Gasteiger partial charge in [-0.05, 0) is 90.8 Å². The number of hydrogen-bond acceptors (Lipinski definition) is 4. The molecule has 2 aliphatic carbocycles. The molecule has 1 saturated carbocycles. The van der Waals surface area contributed by atoms with Crippen molar-refractivity contribution in [3.8, 4) is 5.75 Å². The molecule has 36 heavy (non-hydrogen) atoms. The highest BCUT2D eigenvalue weighted by atomic mass is 16.7. The van der Waals surface area contributed by atoms with Crippen LogP contribution in [0.15, 0.2) is 42.5 Å². The Morgan fingerprint density at radius 1 is 0.861 bits per heavy atom. The second-order valence-corrected chi connectivity index (χ2v) is 11.6. The van der Waals surface area contributed by atoms with Gasteiger partial charge in [0, 0.05) is 44.8 Å². The van der Waals surface area contributed by atoms with Gasteiger partial charge in [0.2, 0.25) is 0 Å². The van der Waals surface area contributed by atoms with E-state index in [0.29, 0.717) is 17.3 Å². The molecule has 3 aliphatic rings. The van der Waals surface area contributed by atoms with Crippen molar-refractivity contribution >= 4 is 5.69 Å². The van der Waals surface area contributed by atoms with Crippen LogP contribution in [0.3, 0.4) is 0 Å². The highest BCUT2D eigenvalue weighted by Gasteiger charge is 2.45. The normalized spacial score (nSPS) is 25.7. The number of piperidine rings is 1. The third-order valence-electron chi connectivity index (χ3n) is 9.77. The zero-order chi connectivity index (χ0) is 25.1. The van der Waals surface area contributed by atoms with E-state index in [1.807, 2.05) is 0 Å². The summed E-state index contributed by atoms with van der Waals surface area (Å²) in [5.41, 5.74) is 6.12. The highest BCUT2D eigenvalue weighted by Crippen LogP contribution is 2.56. The molecular weight excluding hydrogens is 446 g/mol. The minimum Gasteiger partial charge on any atom is -0.497 e. The molecule has 1 heterocycles. The number of aryl methyl sites for hydroxylation is 1. The van der Waals surface area contributed by atoms with Crippen molar-refractivity contribution in [3.63, 3.8) is 0 Å². The smallest absolute Gasteiger partial charge is 0.159 e. The third kappa shape index (κ3) is 4.91. The second kappa shape index (κ2) is 11.1. The molecule has 4 nitrogen and oxygen atoms in total. The van der Waals surface area contributed by atoms with Crippen LogP contribution in [0.4, 0.5) is 5.69 Å². The van der Waals surface area contributed by atoms with Gasteiger partial charge in [0.05, 0.1) is 7.11 Å². The molecule has 2 fully saturated rings. The monoisotopic (exact) mass is 491 g/mol. The zero-order valence-corrected chi connectivity index (χ0v) is 22.8. The van der Waals surface area contributed by atoms with Crippen LogP contribution in [0.25, 0.3) is 0 Å². The van der Waals surface area contributed by atoms with E-state index in [0.717, 1.165) is 44.0 Å². The van der Waals surface area contributed by atoms with Crippen LogP contribution < -0.4 is 9.64 Å². The molecule has 5 rings (SSSR count). The first-order valence-corrected chi connectivity index (χ1v) is 14.1. The lowest BCUT2D eigenvalue weighted by atomic mass is 9.55. The number of hydrogen-bond donors (Lipinski definition) is 0. The van der Waals surface area contributed by atoms with E-state index in [4.69, 9.17) is 14.2 Å². The topological polar surface area (TPSA) is 30.9 Å². The Kier molecular flexibility index (Phi) is 7.93. The lowest BCUT2D eigenvalue weighted by Crippen LogP contribution is -2.40. The predicted molar refractivity (Wildman–Crippen MR) is 147 cm³/mol. The Balaban J connectivity index is 1.41. The molecule has 0 amide bonds. The fraction of sp³-hybridized carbons (Fsp3) is 0.625. The Hall–Kier alpha value is -2.04. The van der Waals surface area contributed by atoms with E-state index in [1.54, 1.807) is 21.3 Å². The van der Waals surface area contributed by atoms with Gasteiger partial charge in [-0.3, -0.25) is 0 Å². The van der Waals surface area contributed by atoms with E-state index in [9.17, 15) is 0 Å². The fourth-order valence-corrected chi connectivity index (χ4v) is 7.66. The van der Waals surface area contributed by atoms with Crippen molar-refractivity contribution in [3.05, 3.63) is 59.2 Å². The largest absolute Gasteiger partial charge is 0.497 e. The molecule has 0 N–H and O–H groups in total. The van der Waals surface area contributed by atoms with Gasteiger partial charge < -0.3 is 19.1 Å².